The highest BCUT2D eigenvalue weighted by Crippen LogP contribution is 2.28. The Labute approximate surface area is 139 Å². The Morgan fingerprint density at radius 3 is 2.62 bits per heavy atom. The summed E-state index contributed by atoms with van der Waals surface area (Å²) in [5, 5.41) is 0. The molecule has 1 atom stereocenters. The summed E-state index contributed by atoms with van der Waals surface area (Å²) in [6.45, 7) is 2.30. The molecule has 0 bridgehead atoms. The lowest BCUT2D eigenvalue weighted by Crippen LogP contribution is -2.27. The maximum absolute atomic E-state index is 13.8. The molecular weight excluding hydrogens is 309 g/mol. The number of hydrogen-bond donors (Lipinski definition) is 0. The minimum atomic E-state index is -0.567. The van der Waals surface area contributed by atoms with Crippen LogP contribution < -0.4 is 4.90 Å². The van der Waals surface area contributed by atoms with E-state index in [2.05, 4.69) is 0 Å². The predicted molar refractivity (Wildman–Crippen MR) is 87.8 cm³/mol. The molecule has 1 amide bonds. The van der Waals surface area contributed by atoms with Gasteiger partial charge in [0.2, 0.25) is 5.91 Å². The highest BCUT2D eigenvalue weighted by Gasteiger charge is 2.37. The van der Waals surface area contributed by atoms with Crippen LogP contribution in [0.4, 0.5) is 10.1 Å². The van der Waals surface area contributed by atoms with Gasteiger partial charge in [-0.15, -0.1) is 0 Å². The lowest BCUT2D eigenvalue weighted by molar-refractivity contribution is -0.149. The molecule has 1 aliphatic heterocycles. The number of anilines is 1. The molecule has 0 N–H and O–H groups in total. The fourth-order valence-corrected chi connectivity index (χ4v) is 2.73. The Balaban J connectivity index is 1.62. The van der Waals surface area contributed by atoms with Gasteiger partial charge in [-0.2, -0.15) is 0 Å². The topological polar surface area (TPSA) is 46.6 Å². The molecule has 0 radical (unpaired) electrons. The Morgan fingerprint density at radius 1 is 1.21 bits per heavy atom. The first kappa shape index (κ1) is 16.2. The van der Waals surface area contributed by atoms with Crippen molar-refractivity contribution in [3.8, 4) is 0 Å². The fraction of sp³-hybridized carbons (Fsp3) is 0.263. The summed E-state index contributed by atoms with van der Waals surface area (Å²) in [7, 11) is 0. The quantitative estimate of drug-likeness (QED) is 0.810. The summed E-state index contributed by atoms with van der Waals surface area (Å²) in [6, 6.07) is 13.7. The van der Waals surface area contributed by atoms with E-state index in [0.717, 1.165) is 11.1 Å². The molecule has 124 valence electrons. The number of rotatable bonds is 4. The van der Waals surface area contributed by atoms with Crippen LogP contribution in [0.2, 0.25) is 0 Å². The van der Waals surface area contributed by atoms with Crippen molar-refractivity contribution in [2.45, 2.75) is 20.0 Å². The smallest absolute Gasteiger partial charge is 0.311 e. The van der Waals surface area contributed by atoms with Gasteiger partial charge >= 0.3 is 5.97 Å². The molecule has 0 aromatic heterocycles. The van der Waals surface area contributed by atoms with Crippen molar-refractivity contribution < 1.29 is 18.7 Å². The van der Waals surface area contributed by atoms with E-state index in [1.165, 1.54) is 17.0 Å². The summed E-state index contributed by atoms with van der Waals surface area (Å²) in [4.78, 5) is 25.6. The first-order valence-corrected chi connectivity index (χ1v) is 7.81. The monoisotopic (exact) mass is 327 g/mol. The predicted octanol–water partition coefficient (Wildman–Crippen LogP) is 3.23. The van der Waals surface area contributed by atoms with Gasteiger partial charge in [0.1, 0.15) is 12.4 Å². The second-order valence-electron chi connectivity index (χ2n) is 5.95. The number of amides is 1. The summed E-state index contributed by atoms with van der Waals surface area (Å²) in [5.74, 6) is -1.73. The van der Waals surface area contributed by atoms with E-state index in [1.54, 1.807) is 12.1 Å². The molecule has 3 rings (SSSR count). The van der Waals surface area contributed by atoms with Crippen LogP contribution in [0, 0.1) is 18.7 Å². The minimum Gasteiger partial charge on any atom is -0.461 e. The van der Waals surface area contributed by atoms with Crippen LogP contribution >= 0.6 is 0 Å². The number of carbonyl (C=O) groups excluding carboxylic acids is 2. The van der Waals surface area contributed by atoms with E-state index in [-0.39, 0.29) is 31.2 Å². The first-order valence-electron chi connectivity index (χ1n) is 7.81. The number of para-hydroxylation sites is 1. The molecule has 1 heterocycles. The molecule has 2 aromatic carbocycles. The Kier molecular flexibility index (Phi) is 4.60. The highest BCUT2D eigenvalue weighted by molar-refractivity contribution is 5.99. The lowest BCUT2D eigenvalue weighted by atomic mass is 10.1. The van der Waals surface area contributed by atoms with Crippen LogP contribution in [-0.4, -0.2) is 18.4 Å². The third-order valence-electron chi connectivity index (χ3n) is 4.10. The molecule has 0 aliphatic carbocycles. The van der Waals surface area contributed by atoms with Crippen LogP contribution in [0.1, 0.15) is 17.5 Å². The molecule has 0 saturated carbocycles. The van der Waals surface area contributed by atoms with Crippen molar-refractivity contribution in [3.05, 3.63) is 65.5 Å². The molecule has 2 aromatic rings. The number of esters is 1. The van der Waals surface area contributed by atoms with Crippen molar-refractivity contribution >= 4 is 17.6 Å². The Bertz CT molecular complexity index is 757. The van der Waals surface area contributed by atoms with E-state index in [9.17, 15) is 14.0 Å². The summed E-state index contributed by atoms with van der Waals surface area (Å²) in [6.07, 6.45) is 0.0427. The molecule has 1 saturated heterocycles. The number of ether oxygens (including phenoxy) is 1. The molecule has 0 unspecified atom stereocenters. The van der Waals surface area contributed by atoms with Gasteiger partial charge < -0.3 is 9.64 Å². The third-order valence-corrected chi connectivity index (χ3v) is 4.10. The van der Waals surface area contributed by atoms with Crippen LogP contribution in [0.25, 0.3) is 0 Å². The van der Waals surface area contributed by atoms with Crippen LogP contribution in [0.5, 0.6) is 0 Å². The van der Waals surface area contributed by atoms with Crippen LogP contribution in [0.15, 0.2) is 48.5 Å². The average molecular weight is 327 g/mol. The van der Waals surface area contributed by atoms with Gasteiger partial charge in [0, 0.05) is 13.0 Å². The van der Waals surface area contributed by atoms with Gasteiger partial charge in [0.25, 0.3) is 0 Å². The van der Waals surface area contributed by atoms with E-state index in [1.807, 2.05) is 31.2 Å². The Morgan fingerprint density at radius 2 is 1.92 bits per heavy atom. The van der Waals surface area contributed by atoms with Gasteiger partial charge in [0.15, 0.2) is 0 Å². The second kappa shape index (κ2) is 6.83. The molecular formula is C19H18FNO3. The second-order valence-corrected chi connectivity index (χ2v) is 5.95. The van der Waals surface area contributed by atoms with Crippen molar-refractivity contribution in [3.63, 3.8) is 0 Å². The normalized spacial score (nSPS) is 17.2. The van der Waals surface area contributed by atoms with E-state index >= 15 is 0 Å². The van der Waals surface area contributed by atoms with Crippen LogP contribution in [0.3, 0.4) is 0 Å². The zero-order chi connectivity index (χ0) is 17.1. The van der Waals surface area contributed by atoms with Crippen molar-refractivity contribution in [2.75, 3.05) is 11.4 Å². The van der Waals surface area contributed by atoms with Gasteiger partial charge in [0.05, 0.1) is 11.6 Å². The number of halogens is 1. The van der Waals surface area contributed by atoms with Crippen molar-refractivity contribution in [1.82, 2.24) is 0 Å². The average Bonchev–Trinajstić information content (AvgIpc) is 2.96. The molecule has 4 nitrogen and oxygen atoms in total. The number of aryl methyl sites for hydroxylation is 1. The lowest BCUT2D eigenvalue weighted by Gasteiger charge is -2.17. The maximum Gasteiger partial charge on any atom is 0.311 e. The van der Waals surface area contributed by atoms with Gasteiger partial charge in [-0.05, 0) is 24.6 Å². The minimum absolute atomic E-state index is 0.0427. The maximum atomic E-state index is 13.8. The van der Waals surface area contributed by atoms with Gasteiger partial charge in [-0.3, -0.25) is 9.59 Å². The SMILES string of the molecule is Cc1ccc(COC(=O)[C@@H]2CC(=O)N(c3ccccc3F)C2)cc1. The highest BCUT2D eigenvalue weighted by atomic mass is 19.1. The van der Waals surface area contributed by atoms with E-state index in [4.69, 9.17) is 4.74 Å². The number of carbonyl (C=O) groups is 2. The Hall–Kier alpha value is -2.69. The van der Waals surface area contributed by atoms with Gasteiger partial charge in [-0.1, -0.05) is 42.0 Å². The first-order chi connectivity index (χ1) is 11.5. The molecule has 0 spiro atoms. The molecule has 5 heteroatoms. The largest absolute Gasteiger partial charge is 0.461 e. The summed E-state index contributed by atoms with van der Waals surface area (Å²) >= 11 is 0. The summed E-state index contributed by atoms with van der Waals surface area (Å²) in [5.41, 5.74) is 2.23. The van der Waals surface area contributed by atoms with Crippen molar-refractivity contribution in [2.24, 2.45) is 5.92 Å². The number of benzene rings is 2. The van der Waals surface area contributed by atoms with E-state index in [0.29, 0.717) is 0 Å². The zero-order valence-corrected chi connectivity index (χ0v) is 13.4. The van der Waals surface area contributed by atoms with Crippen LogP contribution in [-0.2, 0) is 20.9 Å². The number of nitrogens with zero attached hydrogens (tertiary/aromatic N) is 1. The van der Waals surface area contributed by atoms with Gasteiger partial charge in [-0.25, -0.2) is 4.39 Å². The zero-order valence-electron chi connectivity index (χ0n) is 13.4. The molecule has 1 fully saturated rings. The third kappa shape index (κ3) is 3.45. The van der Waals surface area contributed by atoms with Crippen molar-refractivity contribution in [1.29, 1.82) is 0 Å². The summed E-state index contributed by atoms with van der Waals surface area (Å²) < 4.78 is 19.1. The molecule has 24 heavy (non-hydrogen) atoms. The van der Waals surface area contributed by atoms with E-state index < -0.39 is 17.7 Å². The molecule has 1 aliphatic rings. The fourth-order valence-electron chi connectivity index (χ4n) is 2.73. The number of hydrogen-bond acceptors (Lipinski definition) is 3. The standard InChI is InChI=1S/C19H18FNO3/c1-13-6-8-14(9-7-13)12-24-19(23)15-10-18(22)21(11-15)17-5-3-2-4-16(17)20/h2-9,15H,10-12H2,1H3/t15-/m1/s1.